The van der Waals surface area contributed by atoms with Crippen molar-refractivity contribution < 1.29 is 0 Å². The van der Waals surface area contributed by atoms with Crippen LogP contribution in [0.15, 0.2) is 18.2 Å². The third kappa shape index (κ3) is 2.23. The van der Waals surface area contributed by atoms with Gasteiger partial charge in [-0.2, -0.15) is 5.26 Å². The first kappa shape index (κ1) is 10.3. The van der Waals surface area contributed by atoms with Gasteiger partial charge in [0, 0.05) is 31.9 Å². The highest BCUT2D eigenvalue weighted by molar-refractivity contribution is 6.32. The van der Waals surface area contributed by atoms with Crippen molar-refractivity contribution in [1.82, 2.24) is 5.32 Å². The van der Waals surface area contributed by atoms with Crippen LogP contribution in [0.1, 0.15) is 5.56 Å². The number of nitrogens with zero attached hydrogens (tertiary/aromatic N) is 2. The first-order chi connectivity index (χ1) is 7.31. The van der Waals surface area contributed by atoms with Crippen LogP contribution in [0.4, 0.5) is 5.69 Å². The highest BCUT2D eigenvalue weighted by atomic mass is 35.5. The number of benzene rings is 1. The van der Waals surface area contributed by atoms with Crippen molar-refractivity contribution in [2.24, 2.45) is 0 Å². The summed E-state index contributed by atoms with van der Waals surface area (Å²) in [4.78, 5) is 2.27. The molecule has 0 aromatic heterocycles. The maximum absolute atomic E-state index is 8.76. The Morgan fingerprint density at radius 2 is 2.07 bits per heavy atom. The molecule has 0 atom stereocenters. The molecule has 1 N–H and O–H groups in total. The second-order valence-corrected chi connectivity index (χ2v) is 3.92. The molecule has 3 nitrogen and oxygen atoms in total. The van der Waals surface area contributed by atoms with Gasteiger partial charge < -0.3 is 10.2 Å². The smallest absolute Gasteiger partial charge is 0.101 e. The van der Waals surface area contributed by atoms with Crippen LogP contribution in [0.3, 0.4) is 0 Å². The van der Waals surface area contributed by atoms with Crippen molar-refractivity contribution in [1.29, 1.82) is 5.26 Å². The molecule has 1 aliphatic heterocycles. The number of nitriles is 1. The van der Waals surface area contributed by atoms with E-state index in [0.717, 1.165) is 31.9 Å². The van der Waals surface area contributed by atoms with Gasteiger partial charge in [-0.05, 0) is 18.2 Å². The van der Waals surface area contributed by atoms with Crippen molar-refractivity contribution in [3.63, 3.8) is 0 Å². The van der Waals surface area contributed by atoms with Gasteiger partial charge in [0.2, 0.25) is 0 Å². The first-order valence-electron chi connectivity index (χ1n) is 4.96. The summed E-state index contributed by atoms with van der Waals surface area (Å²) in [7, 11) is 0. The number of piperazine rings is 1. The lowest BCUT2D eigenvalue weighted by Crippen LogP contribution is -2.43. The first-order valence-corrected chi connectivity index (χ1v) is 5.34. The molecule has 0 saturated carbocycles. The summed E-state index contributed by atoms with van der Waals surface area (Å²) >= 11 is 5.98. The molecule has 15 heavy (non-hydrogen) atoms. The summed E-state index contributed by atoms with van der Waals surface area (Å²) < 4.78 is 0. The Kier molecular flexibility index (Phi) is 3.10. The molecule has 1 saturated heterocycles. The largest absolute Gasteiger partial charge is 0.369 e. The summed E-state index contributed by atoms with van der Waals surface area (Å²) in [6.07, 6.45) is 0. The average molecular weight is 222 g/mol. The quantitative estimate of drug-likeness (QED) is 0.784. The van der Waals surface area contributed by atoms with Crippen molar-refractivity contribution in [3.05, 3.63) is 28.8 Å². The number of hydrogen-bond acceptors (Lipinski definition) is 3. The van der Waals surface area contributed by atoms with Gasteiger partial charge in [0.15, 0.2) is 0 Å². The maximum atomic E-state index is 8.76. The Bertz CT molecular complexity index is 391. The zero-order valence-electron chi connectivity index (χ0n) is 8.33. The van der Waals surface area contributed by atoms with E-state index in [0.29, 0.717) is 10.6 Å². The van der Waals surface area contributed by atoms with Crippen molar-refractivity contribution in [2.75, 3.05) is 31.1 Å². The van der Waals surface area contributed by atoms with Gasteiger partial charge in [-0.25, -0.2) is 0 Å². The summed E-state index contributed by atoms with van der Waals surface area (Å²) in [6.45, 7) is 3.97. The normalized spacial score (nSPS) is 16.1. The van der Waals surface area contributed by atoms with Gasteiger partial charge in [-0.1, -0.05) is 11.6 Å². The summed E-state index contributed by atoms with van der Waals surface area (Å²) in [5.41, 5.74) is 1.64. The zero-order valence-corrected chi connectivity index (χ0v) is 9.09. The van der Waals surface area contributed by atoms with Crippen LogP contribution in [0.2, 0.25) is 5.02 Å². The van der Waals surface area contributed by atoms with Crippen LogP contribution in [0.5, 0.6) is 0 Å². The van der Waals surface area contributed by atoms with E-state index in [9.17, 15) is 0 Å². The second kappa shape index (κ2) is 4.52. The van der Waals surface area contributed by atoms with Gasteiger partial charge in [0.25, 0.3) is 0 Å². The Morgan fingerprint density at radius 3 is 2.67 bits per heavy atom. The molecular formula is C11H12ClN3. The molecule has 0 bridgehead atoms. The predicted molar refractivity (Wildman–Crippen MR) is 61.2 cm³/mol. The Balaban J connectivity index is 2.22. The van der Waals surface area contributed by atoms with Crippen LogP contribution < -0.4 is 10.2 Å². The highest BCUT2D eigenvalue weighted by Gasteiger charge is 2.11. The van der Waals surface area contributed by atoms with E-state index in [1.165, 1.54) is 0 Å². The minimum absolute atomic E-state index is 0.536. The minimum atomic E-state index is 0.536. The summed E-state index contributed by atoms with van der Waals surface area (Å²) in [5.74, 6) is 0. The predicted octanol–water partition coefficient (Wildman–Crippen LogP) is 1.62. The molecule has 1 aromatic rings. The lowest BCUT2D eigenvalue weighted by molar-refractivity contribution is 0.589. The Morgan fingerprint density at radius 1 is 1.33 bits per heavy atom. The molecule has 1 fully saturated rings. The molecule has 1 aliphatic rings. The molecule has 1 aromatic carbocycles. The van der Waals surface area contributed by atoms with Gasteiger partial charge in [0.1, 0.15) is 6.07 Å². The van der Waals surface area contributed by atoms with E-state index in [4.69, 9.17) is 16.9 Å². The van der Waals surface area contributed by atoms with Gasteiger partial charge >= 0.3 is 0 Å². The summed E-state index contributed by atoms with van der Waals surface area (Å²) in [5, 5.41) is 12.6. The fraction of sp³-hybridized carbons (Fsp3) is 0.364. The van der Waals surface area contributed by atoms with Gasteiger partial charge in [-0.3, -0.25) is 0 Å². The van der Waals surface area contributed by atoms with Crippen molar-refractivity contribution >= 4 is 17.3 Å². The number of nitrogens with one attached hydrogen (secondary N) is 1. The van der Waals surface area contributed by atoms with E-state index in [1.54, 1.807) is 6.07 Å². The molecule has 0 unspecified atom stereocenters. The Hall–Kier alpha value is -1.24. The van der Waals surface area contributed by atoms with Crippen molar-refractivity contribution in [2.45, 2.75) is 0 Å². The molecule has 0 radical (unpaired) electrons. The van der Waals surface area contributed by atoms with Gasteiger partial charge in [0.05, 0.1) is 10.6 Å². The maximum Gasteiger partial charge on any atom is 0.101 e. The SMILES string of the molecule is N#Cc1ccc(N2CCNCC2)cc1Cl. The molecule has 0 amide bonds. The second-order valence-electron chi connectivity index (χ2n) is 3.51. The van der Waals surface area contributed by atoms with E-state index < -0.39 is 0 Å². The van der Waals surface area contributed by atoms with Crippen LogP contribution in [0.25, 0.3) is 0 Å². The zero-order chi connectivity index (χ0) is 10.7. The minimum Gasteiger partial charge on any atom is -0.369 e. The fourth-order valence-corrected chi connectivity index (χ4v) is 1.93. The molecule has 78 valence electrons. The Labute approximate surface area is 94.3 Å². The van der Waals surface area contributed by atoms with Crippen LogP contribution in [-0.2, 0) is 0 Å². The number of hydrogen-bond donors (Lipinski definition) is 1. The fourth-order valence-electron chi connectivity index (χ4n) is 1.71. The van der Waals surface area contributed by atoms with E-state index in [-0.39, 0.29) is 0 Å². The lowest BCUT2D eigenvalue weighted by Gasteiger charge is -2.29. The third-order valence-corrected chi connectivity index (χ3v) is 2.87. The highest BCUT2D eigenvalue weighted by Crippen LogP contribution is 2.23. The van der Waals surface area contributed by atoms with Crippen LogP contribution >= 0.6 is 11.6 Å². The monoisotopic (exact) mass is 221 g/mol. The van der Waals surface area contributed by atoms with E-state index in [1.807, 2.05) is 12.1 Å². The van der Waals surface area contributed by atoms with E-state index in [2.05, 4.69) is 16.3 Å². The average Bonchev–Trinajstić information content (AvgIpc) is 2.30. The number of rotatable bonds is 1. The van der Waals surface area contributed by atoms with E-state index >= 15 is 0 Å². The third-order valence-electron chi connectivity index (χ3n) is 2.56. The molecule has 4 heteroatoms. The lowest BCUT2D eigenvalue weighted by atomic mass is 10.2. The molecule has 0 spiro atoms. The standard InChI is InChI=1S/C11H12ClN3/c12-11-7-10(2-1-9(11)8-13)15-5-3-14-4-6-15/h1-2,7,14H,3-6H2. The molecule has 1 heterocycles. The van der Waals surface area contributed by atoms with Crippen LogP contribution in [0, 0.1) is 11.3 Å². The van der Waals surface area contributed by atoms with Gasteiger partial charge in [-0.15, -0.1) is 0 Å². The number of anilines is 1. The number of halogens is 1. The molecule has 2 rings (SSSR count). The van der Waals surface area contributed by atoms with Crippen molar-refractivity contribution in [3.8, 4) is 6.07 Å². The summed E-state index contributed by atoms with van der Waals surface area (Å²) in [6, 6.07) is 7.66. The van der Waals surface area contributed by atoms with Crippen LogP contribution in [-0.4, -0.2) is 26.2 Å². The molecular weight excluding hydrogens is 210 g/mol. The molecule has 0 aliphatic carbocycles. The topological polar surface area (TPSA) is 39.1 Å².